The standard InChI is InChI=1S/C9H15O2/c1-3-5-6-7-8-9(10)11-4-2/h1,3H,4-8H2,2H3. The van der Waals surface area contributed by atoms with Gasteiger partial charge in [-0.25, -0.2) is 0 Å². The van der Waals surface area contributed by atoms with Crippen molar-refractivity contribution in [3.05, 3.63) is 12.7 Å². The maximum absolute atomic E-state index is 10.7. The van der Waals surface area contributed by atoms with E-state index in [1.165, 1.54) is 0 Å². The summed E-state index contributed by atoms with van der Waals surface area (Å²) in [6, 6.07) is 0. The normalized spacial score (nSPS) is 9.18. The van der Waals surface area contributed by atoms with Crippen LogP contribution >= 0.6 is 0 Å². The third-order valence-electron chi connectivity index (χ3n) is 1.31. The number of hydrogen-bond acceptors (Lipinski definition) is 2. The van der Waals surface area contributed by atoms with Crippen LogP contribution in [-0.4, -0.2) is 12.6 Å². The Morgan fingerprint density at radius 2 is 2.27 bits per heavy atom. The molecule has 0 heterocycles. The molecule has 0 saturated heterocycles. The fourth-order valence-electron chi connectivity index (χ4n) is 0.765. The third-order valence-corrected chi connectivity index (χ3v) is 1.31. The van der Waals surface area contributed by atoms with Gasteiger partial charge >= 0.3 is 5.97 Å². The molecule has 0 atom stereocenters. The molecule has 0 aliphatic carbocycles. The van der Waals surface area contributed by atoms with Crippen LogP contribution in [0.1, 0.15) is 32.6 Å². The molecule has 0 aromatic rings. The van der Waals surface area contributed by atoms with Crippen molar-refractivity contribution in [3.63, 3.8) is 0 Å². The summed E-state index contributed by atoms with van der Waals surface area (Å²) < 4.78 is 4.74. The highest BCUT2D eigenvalue weighted by molar-refractivity contribution is 5.69. The van der Waals surface area contributed by atoms with Gasteiger partial charge in [-0.1, -0.05) is 12.7 Å². The molecule has 0 unspecified atom stereocenters. The van der Waals surface area contributed by atoms with Crippen LogP contribution < -0.4 is 0 Å². The molecule has 11 heavy (non-hydrogen) atoms. The van der Waals surface area contributed by atoms with E-state index in [0.717, 1.165) is 19.3 Å². The van der Waals surface area contributed by atoms with Gasteiger partial charge in [0.1, 0.15) is 0 Å². The fourth-order valence-corrected chi connectivity index (χ4v) is 0.765. The number of hydrogen-bond donors (Lipinski definition) is 0. The van der Waals surface area contributed by atoms with Crippen molar-refractivity contribution in [2.24, 2.45) is 0 Å². The summed E-state index contributed by atoms with van der Waals surface area (Å²) in [6.07, 6.45) is 4.84. The van der Waals surface area contributed by atoms with E-state index >= 15 is 0 Å². The topological polar surface area (TPSA) is 26.3 Å². The van der Waals surface area contributed by atoms with Crippen molar-refractivity contribution in [1.82, 2.24) is 0 Å². The highest BCUT2D eigenvalue weighted by atomic mass is 16.5. The number of carbonyl (C=O) groups excluding carboxylic acids is 1. The van der Waals surface area contributed by atoms with Gasteiger partial charge in [-0.3, -0.25) is 4.79 Å². The van der Waals surface area contributed by atoms with E-state index in [1.54, 1.807) is 6.08 Å². The second-order valence-electron chi connectivity index (χ2n) is 2.29. The van der Waals surface area contributed by atoms with Crippen LogP contribution in [0.15, 0.2) is 6.08 Å². The lowest BCUT2D eigenvalue weighted by Crippen LogP contribution is -2.02. The van der Waals surface area contributed by atoms with Crippen molar-refractivity contribution in [2.45, 2.75) is 32.6 Å². The molecule has 1 radical (unpaired) electrons. The molecule has 2 heteroatoms. The van der Waals surface area contributed by atoms with E-state index in [1.807, 2.05) is 6.92 Å². The molecular formula is C9H15O2. The molecule has 0 spiro atoms. The number of carbonyl (C=O) groups is 1. The zero-order valence-electron chi connectivity index (χ0n) is 7.01. The predicted octanol–water partition coefficient (Wildman–Crippen LogP) is 2.10. The summed E-state index contributed by atoms with van der Waals surface area (Å²) in [6.45, 7) is 7.45. The van der Waals surface area contributed by atoms with Crippen LogP contribution in [0, 0.1) is 6.58 Å². The van der Waals surface area contributed by atoms with E-state index in [9.17, 15) is 4.79 Å². The minimum Gasteiger partial charge on any atom is -0.466 e. The zero-order chi connectivity index (χ0) is 8.53. The first-order valence-electron chi connectivity index (χ1n) is 4.00. The van der Waals surface area contributed by atoms with E-state index < -0.39 is 0 Å². The van der Waals surface area contributed by atoms with Crippen LogP contribution in [-0.2, 0) is 9.53 Å². The van der Waals surface area contributed by atoms with Crippen LogP contribution in [0.2, 0.25) is 0 Å². The summed E-state index contributed by atoms with van der Waals surface area (Å²) in [5.41, 5.74) is 0. The largest absolute Gasteiger partial charge is 0.466 e. The number of unbranched alkanes of at least 4 members (excludes halogenated alkanes) is 2. The quantitative estimate of drug-likeness (QED) is 0.433. The van der Waals surface area contributed by atoms with Gasteiger partial charge in [0, 0.05) is 6.42 Å². The average molecular weight is 155 g/mol. The summed E-state index contributed by atoms with van der Waals surface area (Å²) in [4.78, 5) is 10.7. The lowest BCUT2D eigenvalue weighted by Gasteiger charge is -1.99. The molecule has 0 fully saturated rings. The monoisotopic (exact) mass is 155 g/mol. The molecule has 2 nitrogen and oxygen atoms in total. The Kier molecular flexibility index (Phi) is 6.79. The maximum Gasteiger partial charge on any atom is 0.305 e. The van der Waals surface area contributed by atoms with Crippen molar-refractivity contribution >= 4 is 5.97 Å². The SMILES string of the molecule is [CH]=CCCCCC(=O)OCC. The summed E-state index contributed by atoms with van der Waals surface area (Å²) >= 11 is 0. The molecule has 0 aliphatic heterocycles. The van der Waals surface area contributed by atoms with Gasteiger partial charge in [0.25, 0.3) is 0 Å². The van der Waals surface area contributed by atoms with Crippen LogP contribution in [0.3, 0.4) is 0 Å². The molecule has 0 aromatic carbocycles. The molecule has 0 saturated carbocycles. The molecule has 0 amide bonds. The lowest BCUT2D eigenvalue weighted by atomic mass is 10.2. The Labute approximate surface area is 68.2 Å². The summed E-state index contributed by atoms with van der Waals surface area (Å²) in [5.74, 6) is -0.107. The van der Waals surface area contributed by atoms with E-state index in [0.29, 0.717) is 13.0 Å². The number of allylic oxidation sites excluding steroid dienone is 1. The Hall–Kier alpha value is -0.790. The minimum absolute atomic E-state index is 0.107. The van der Waals surface area contributed by atoms with Gasteiger partial charge in [0.2, 0.25) is 0 Å². The van der Waals surface area contributed by atoms with Gasteiger partial charge < -0.3 is 4.74 Å². The van der Waals surface area contributed by atoms with Gasteiger partial charge in [-0.2, -0.15) is 0 Å². The highest BCUT2D eigenvalue weighted by Gasteiger charge is 1.98. The number of esters is 1. The van der Waals surface area contributed by atoms with Gasteiger partial charge in [-0.15, -0.1) is 0 Å². The molecule has 0 rings (SSSR count). The third kappa shape index (κ3) is 7.10. The highest BCUT2D eigenvalue weighted by Crippen LogP contribution is 2.00. The lowest BCUT2D eigenvalue weighted by molar-refractivity contribution is -0.143. The molecular weight excluding hydrogens is 140 g/mol. The number of ether oxygens (including phenoxy) is 1. The smallest absolute Gasteiger partial charge is 0.305 e. The zero-order valence-corrected chi connectivity index (χ0v) is 7.01. The Morgan fingerprint density at radius 3 is 2.82 bits per heavy atom. The molecule has 0 N–H and O–H groups in total. The average Bonchev–Trinajstić information content (AvgIpc) is 1.99. The summed E-state index contributed by atoms with van der Waals surface area (Å²) in [5, 5.41) is 0. The second kappa shape index (κ2) is 7.32. The number of rotatable bonds is 6. The van der Waals surface area contributed by atoms with E-state index in [4.69, 9.17) is 11.3 Å². The van der Waals surface area contributed by atoms with Crippen molar-refractivity contribution in [1.29, 1.82) is 0 Å². The van der Waals surface area contributed by atoms with Crippen LogP contribution in [0.25, 0.3) is 0 Å². The van der Waals surface area contributed by atoms with Gasteiger partial charge in [-0.05, 0) is 26.2 Å². The van der Waals surface area contributed by atoms with Gasteiger partial charge in [0.15, 0.2) is 0 Å². The Morgan fingerprint density at radius 1 is 1.55 bits per heavy atom. The molecule has 63 valence electrons. The minimum atomic E-state index is -0.107. The predicted molar refractivity (Wildman–Crippen MR) is 44.0 cm³/mol. The molecule has 0 bridgehead atoms. The van der Waals surface area contributed by atoms with E-state index in [-0.39, 0.29) is 5.97 Å². The maximum atomic E-state index is 10.7. The van der Waals surface area contributed by atoms with Crippen molar-refractivity contribution in [3.8, 4) is 0 Å². The fraction of sp³-hybridized carbons (Fsp3) is 0.667. The molecule has 0 aromatic heterocycles. The molecule has 0 aliphatic rings. The van der Waals surface area contributed by atoms with E-state index in [2.05, 4.69) is 0 Å². The van der Waals surface area contributed by atoms with Crippen LogP contribution in [0.5, 0.6) is 0 Å². The summed E-state index contributed by atoms with van der Waals surface area (Å²) in [7, 11) is 0. The Bertz CT molecular complexity index is 119. The van der Waals surface area contributed by atoms with Crippen molar-refractivity contribution in [2.75, 3.05) is 6.61 Å². The van der Waals surface area contributed by atoms with Gasteiger partial charge in [0.05, 0.1) is 6.61 Å². The first kappa shape index (κ1) is 10.2. The van der Waals surface area contributed by atoms with Crippen molar-refractivity contribution < 1.29 is 9.53 Å². The second-order valence-corrected chi connectivity index (χ2v) is 2.29. The Balaban J connectivity index is 3.10. The first-order chi connectivity index (χ1) is 5.31. The van der Waals surface area contributed by atoms with Crippen LogP contribution in [0.4, 0.5) is 0 Å². The first-order valence-corrected chi connectivity index (χ1v) is 4.00.